The average molecular weight is 750 g/mol. The van der Waals surface area contributed by atoms with Crippen LogP contribution < -0.4 is 21.3 Å². The van der Waals surface area contributed by atoms with Crippen LogP contribution in [0, 0.1) is 22.7 Å². The van der Waals surface area contributed by atoms with Gasteiger partial charge in [0.15, 0.2) is 9.84 Å². The first kappa shape index (κ1) is 40.4. The van der Waals surface area contributed by atoms with E-state index in [1.165, 1.54) is 4.90 Å². The third-order valence-corrected chi connectivity index (χ3v) is 15.8. The second-order valence-electron chi connectivity index (χ2n) is 18.2. The number of likely N-dealkylation sites (tertiary alicyclic amines) is 1. The zero-order valence-corrected chi connectivity index (χ0v) is 33.0. The lowest BCUT2D eigenvalue weighted by Crippen LogP contribution is -2.65. The number of urea groups is 1. The molecule has 6 atom stereocenters. The largest absolute Gasteiger partial charge is 0.396 e. The van der Waals surface area contributed by atoms with Gasteiger partial charge in [0.1, 0.15) is 12.1 Å². The molecule has 52 heavy (non-hydrogen) atoms. The number of fused-ring (bicyclic) bond motifs is 1. The number of nitrogens with one attached hydrogen (secondary N) is 4. The summed E-state index contributed by atoms with van der Waals surface area (Å²) in [5, 5.41) is 22.0. The molecule has 14 heteroatoms. The van der Waals surface area contributed by atoms with Crippen LogP contribution in [-0.2, 0) is 29.0 Å². The third-order valence-electron chi connectivity index (χ3n) is 13.0. The molecule has 1 saturated heterocycles. The van der Waals surface area contributed by atoms with E-state index >= 15 is 0 Å². The standard InChI is InChI=1S/C38H63N5O8S/c1-7-14-26(29(45)32(47)39-24-15-16-24)40-31(46)28-27-25(37(27,6)22-44)21-43(28)33(48)30(36(5)17-10-8-11-18-36)41-34(49)42-38(19-12-9-13-20-38)23-52(50,51)35(2,3)4/h24-28,30,44H,7-23H2,1-6H3,(H,39,47)(H,40,46)(H2,41,42,49)/t25-,26?,27-,28-,30+,37+/m0/s1. The molecule has 1 unspecified atom stereocenters. The van der Waals surface area contributed by atoms with E-state index in [4.69, 9.17) is 0 Å². The number of carbonyl (C=O) groups is 5. The predicted octanol–water partition coefficient (Wildman–Crippen LogP) is 3.13. The van der Waals surface area contributed by atoms with Gasteiger partial charge in [-0.3, -0.25) is 19.2 Å². The Kier molecular flexibility index (Phi) is 11.8. The highest BCUT2D eigenvalue weighted by atomic mass is 32.2. The fourth-order valence-corrected chi connectivity index (χ4v) is 10.7. The van der Waals surface area contributed by atoms with E-state index in [1.807, 2.05) is 20.8 Å². The van der Waals surface area contributed by atoms with Crippen LogP contribution in [0.5, 0.6) is 0 Å². The van der Waals surface area contributed by atoms with Gasteiger partial charge in [-0.15, -0.1) is 0 Å². The second kappa shape index (κ2) is 15.2. The molecule has 4 saturated carbocycles. The minimum absolute atomic E-state index is 0.0199. The minimum Gasteiger partial charge on any atom is -0.396 e. The molecule has 4 aliphatic carbocycles. The quantitative estimate of drug-likeness (QED) is 0.167. The van der Waals surface area contributed by atoms with Crippen molar-refractivity contribution in [3.63, 3.8) is 0 Å². The molecule has 0 aromatic heterocycles. The maximum atomic E-state index is 14.9. The first-order valence-electron chi connectivity index (χ1n) is 19.7. The summed E-state index contributed by atoms with van der Waals surface area (Å²) in [5.41, 5.74) is -2.18. The van der Waals surface area contributed by atoms with Gasteiger partial charge >= 0.3 is 6.03 Å². The number of carbonyl (C=O) groups excluding carboxylic acids is 5. The fraction of sp³-hybridized carbons (Fsp3) is 0.868. The van der Waals surface area contributed by atoms with Gasteiger partial charge in [-0.25, -0.2) is 13.2 Å². The van der Waals surface area contributed by atoms with Gasteiger partial charge in [0.05, 0.1) is 22.1 Å². The molecule has 5 fully saturated rings. The number of amides is 5. The molecule has 0 radical (unpaired) electrons. The summed E-state index contributed by atoms with van der Waals surface area (Å²) in [6.07, 6.45) is 10.1. The normalized spacial score (nSPS) is 29.2. The molecule has 5 aliphatic rings. The molecule has 0 aromatic rings. The van der Waals surface area contributed by atoms with Gasteiger partial charge in [0.2, 0.25) is 17.6 Å². The summed E-state index contributed by atoms with van der Waals surface area (Å²) in [5.74, 6) is -3.10. The highest BCUT2D eigenvalue weighted by Gasteiger charge is 2.72. The van der Waals surface area contributed by atoms with Crippen molar-refractivity contribution >= 4 is 39.4 Å². The van der Waals surface area contributed by atoms with Crippen LogP contribution in [0.1, 0.15) is 131 Å². The molecular weight excluding hydrogens is 687 g/mol. The molecule has 294 valence electrons. The fourth-order valence-electron chi connectivity index (χ4n) is 9.20. The van der Waals surface area contributed by atoms with Crippen LogP contribution in [0.25, 0.3) is 0 Å². The van der Waals surface area contributed by atoms with Crippen LogP contribution in [0.2, 0.25) is 0 Å². The average Bonchev–Trinajstić information content (AvgIpc) is 3.95. The Morgan fingerprint density at radius 1 is 0.904 bits per heavy atom. The first-order chi connectivity index (χ1) is 24.3. The van der Waals surface area contributed by atoms with Gasteiger partial charge in [-0.05, 0) is 77.0 Å². The maximum absolute atomic E-state index is 14.9. The zero-order valence-electron chi connectivity index (χ0n) is 32.1. The number of hydrogen-bond acceptors (Lipinski definition) is 8. The van der Waals surface area contributed by atoms with Gasteiger partial charge in [-0.2, -0.15) is 0 Å². The van der Waals surface area contributed by atoms with Crippen molar-refractivity contribution < 1.29 is 37.5 Å². The summed E-state index contributed by atoms with van der Waals surface area (Å²) in [6, 6.07) is -3.68. The Morgan fingerprint density at radius 2 is 1.50 bits per heavy atom. The number of rotatable bonds is 14. The lowest BCUT2D eigenvalue weighted by atomic mass is 9.70. The Labute approximate surface area is 309 Å². The highest BCUT2D eigenvalue weighted by Crippen LogP contribution is 2.65. The summed E-state index contributed by atoms with van der Waals surface area (Å²) >= 11 is 0. The van der Waals surface area contributed by atoms with E-state index in [0.717, 1.165) is 51.4 Å². The number of ketones is 1. The number of aliphatic hydroxyl groups excluding tert-OH is 1. The topological polar surface area (TPSA) is 191 Å². The maximum Gasteiger partial charge on any atom is 0.315 e. The van der Waals surface area contributed by atoms with Crippen molar-refractivity contribution in [3.05, 3.63) is 0 Å². The van der Waals surface area contributed by atoms with Gasteiger partial charge in [0.25, 0.3) is 5.91 Å². The molecule has 5 amide bonds. The third kappa shape index (κ3) is 8.32. The molecule has 0 aromatic carbocycles. The monoisotopic (exact) mass is 749 g/mol. The summed E-state index contributed by atoms with van der Waals surface area (Å²) in [4.78, 5) is 70.6. The second-order valence-corrected chi connectivity index (χ2v) is 20.9. The number of aliphatic hydroxyl groups is 1. The number of sulfone groups is 1. The van der Waals surface area contributed by atoms with Crippen LogP contribution in [0.4, 0.5) is 4.79 Å². The van der Waals surface area contributed by atoms with Crippen molar-refractivity contribution in [1.82, 2.24) is 26.2 Å². The Hall–Kier alpha value is -2.74. The number of nitrogens with zero attached hydrogens (tertiary/aromatic N) is 1. The number of hydrogen-bond donors (Lipinski definition) is 5. The molecule has 5 N–H and O–H groups in total. The molecular formula is C38H63N5O8S. The van der Waals surface area contributed by atoms with E-state index in [2.05, 4.69) is 21.3 Å². The van der Waals surface area contributed by atoms with Crippen molar-refractivity contribution in [2.24, 2.45) is 22.7 Å². The van der Waals surface area contributed by atoms with Crippen molar-refractivity contribution in [3.8, 4) is 0 Å². The van der Waals surface area contributed by atoms with Crippen LogP contribution in [0.15, 0.2) is 0 Å². The van der Waals surface area contributed by atoms with Gasteiger partial charge < -0.3 is 31.3 Å². The smallest absolute Gasteiger partial charge is 0.315 e. The van der Waals surface area contributed by atoms with Gasteiger partial charge in [-0.1, -0.05) is 65.7 Å². The highest BCUT2D eigenvalue weighted by molar-refractivity contribution is 7.92. The molecule has 0 bridgehead atoms. The number of Topliss-reactive ketones (excluding diaryl/α,β-unsaturated/α-hetero) is 1. The molecule has 1 aliphatic heterocycles. The summed E-state index contributed by atoms with van der Waals surface area (Å²) in [6.45, 7) is 10.8. The van der Waals surface area contributed by atoms with Crippen molar-refractivity contribution in [2.45, 2.75) is 166 Å². The van der Waals surface area contributed by atoms with Gasteiger partial charge in [0, 0.05) is 30.5 Å². The molecule has 1 heterocycles. The lowest BCUT2D eigenvalue weighted by molar-refractivity contribution is -0.146. The van der Waals surface area contributed by atoms with E-state index in [0.29, 0.717) is 32.1 Å². The summed E-state index contributed by atoms with van der Waals surface area (Å²) in [7, 11) is -3.58. The molecule has 5 rings (SSSR count). The molecule has 0 spiro atoms. The first-order valence-corrected chi connectivity index (χ1v) is 21.3. The van der Waals surface area contributed by atoms with Crippen molar-refractivity contribution in [2.75, 3.05) is 18.9 Å². The minimum atomic E-state index is -3.58. The Balaban J connectivity index is 1.40. The predicted molar refractivity (Wildman–Crippen MR) is 197 cm³/mol. The Morgan fingerprint density at radius 3 is 2.04 bits per heavy atom. The van der Waals surface area contributed by atoms with Crippen LogP contribution >= 0.6 is 0 Å². The van der Waals surface area contributed by atoms with E-state index in [9.17, 15) is 37.5 Å². The van der Waals surface area contributed by atoms with E-state index in [1.54, 1.807) is 20.8 Å². The zero-order chi connectivity index (χ0) is 38.3. The molecule has 13 nitrogen and oxygen atoms in total. The van der Waals surface area contributed by atoms with Crippen LogP contribution in [-0.4, -0.2) is 101 Å². The lowest BCUT2D eigenvalue weighted by Gasteiger charge is -2.44. The number of piperidine rings is 1. The summed E-state index contributed by atoms with van der Waals surface area (Å²) < 4.78 is 25.9. The SMILES string of the molecule is CCCC(NC(=O)[C@@H]1[C@@H]2[C@H](CN1C(=O)[C@@H](NC(=O)NC1(CS(=O)(=O)C(C)(C)C)CCCCC1)C1(C)CCCCC1)[C@@]2(C)CO)C(=O)C(=O)NC1CC1. The Bertz CT molecular complexity index is 1490. The van der Waals surface area contributed by atoms with E-state index in [-0.39, 0.29) is 43.2 Å². The van der Waals surface area contributed by atoms with E-state index < -0.39 is 78.6 Å². The van der Waals surface area contributed by atoms with Crippen molar-refractivity contribution in [1.29, 1.82) is 0 Å². The van der Waals surface area contributed by atoms with Crippen LogP contribution in [0.3, 0.4) is 0 Å².